The van der Waals surface area contributed by atoms with Crippen LogP contribution in [0.4, 0.5) is 5.69 Å². The quantitative estimate of drug-likeness (QED) is 0.706. The number of rotatable bonds is 7. The Hall–Kier alpha value is -2.45. The number of anilines is 1. The highest BCUT2D eigenvalue weighted by Crippen LogP contribution is 2.32. The molecule has 0 atom stereocenters. The molecule has 2 aromatic rings. The fourth-order valence-electron chi connectivity index (χ4n) is 3.89. The third-order valence-corrected chi connectivity index (χ3v) is 7.49. The average Bonchev–Trinajstić information content (AvgIpc) is 3.25. The molecule has 1 N–H and O–H groups in total. The summed E-state index contributed by atoms with van der Waals surface area (Å²) >= 11 is 0. The Morgan fingerprint density at radius 3 is 2.13 bits per heavy atom. The lowest BCUT2D eigenvalue weighted by atomic mass is 9.92. The highest BCUT2D eigenvalue weighted by atomic mass is 32.2. The zero-order valence-corrected chi connectivity index (χ0v) is 19.4. The van der Waals surface area contributed by atoms with E-state index >= 15 is 0 Å². The molecular formula is C23H31N3O4S. The van der Waals surface area contributed by atoms with Crippen molar-refractivity contribution in [2.45, 2.75) is 63.8 Å². The minimum Gasteiger partial charge on any atom is -0.324 e. The molecule has 7 nitrogen and oxygen atoms in total. The van der Waals surface area contributed by atoms with Crippen LogP contribution in [0.1, 0.15) is 63.5 Å². The van der Waals surface area contributed by atoms with Crippen LogP contribution in [0.2, 0.25) is 0 Å². The lowest BCUT2D eigenvalue weighted by molar-refractivity contribution is -0.116. The predicted molar refractivity (Wildman–Crippen MR) is 122 cm³/mol. The summed E-state index contributed by atoms with van der Waals surface area (Å²) in [7, 11) is -3.67. The SMILES string of the molecule is CC(C)c1cccc(C(C)C)c1NC(=O)Cn1cc(S(=O)(=O)N2CCCC2)ccc1=O. The topological polar surface area (TPSA) is 88.5 Å². The molecule has 1 amide bonds. The van der Waals surface area contributed by atoms with Crippen LogP contribution in [0, 0.1) is 0 Å². The Morgan fingerprint density at radius 2 is 1.58 bits per heavy atom. The molecule has 0 saturated carbocycles. The fraction of sp³-hybridized carbons (Fsp3) is 0.478. The van der Waals surface area contributed by atoms with Crippen LogP contribution < -0.4 is 10.9 Å². The summed E-state index contributed by atoms with van der Waals surface area (Å²) in [5.74, 6) is 0.0594. The van der Waals surface area contributed by atoms with Gasteiger partial charge in [-0.05, 0) is 41.9 Å². The van der Waals surface area contributed by atoms with Crippen molar-refractivity contribution in [1.82, 2.24) is 8.87 Å². The van der Waals surface area contributed by atoms with Crippen molar-refractivity contribution < 1.29 is 13.2 Å². The number of nitrogens with zero attached hydrogens (tertiary/aromatic N) is 2. The van der Waals surface area contributed by atoms with E-state index in [1.54, 1.807) is 0 Å². The van der Waals surface area contributed by atoms with Gasteiger partial charge in [-0.15, -0.1) is 0 Å². The van der Waals surface area contributed by atoms with E-state index in [4.69, 9.17) is 0 Å². The van der Waals surface area contributed by atoms with Crippen LogP contribution in [-0.2, 0) is 21.4 Å². The second-order valence-electron chi connectivity index (χ2n) is 8.61. The zero-order valence-electron chi connectivity index (χ0n) is 18.6. The van der Waals surface area contributed by atoms with E-state index in [2.05, 4.69) is 33.0 Å². The summed E-state index contributed by atoms with van der Waals surface area (Å²) in [6.45, 7) is 8.95. The molecule has 0 bridgehead atoms. The van der Waals surface area contributed by atoms with Crippen LogP contribution >= 0.6 is 0 Å². The summed E-state index contributed by atoms with van der Waals surface area (Å²) in [5, 5.41) is 2.97. The first-order valence-electron chi connectivity index (χ1n) is 10.7. The van der Waals surface area contributed by atoms with Gasteiger partial charge in [0.2, 0.25) is 15.9 Å². The highest BCUT2D eigenvalue weighted by Gasteiger charge is 2.28. The first-order valence-corrected chi connectivity index (χ1v) is 12.2. The van der Waals surface area contributed by atoms with Crippen LogP contribution in [0.5, 0.6) is 0 Å². The summed E-state index contributed by atoms with van der Waals surface area (Å²) in [6, 6.07) is 8.48. The van der Waals surface area contributed by atoms with Gasteiger partial charge in [0, 0.05) is 31.0 Å². The molecule has 0 aliphatic carbocycles. The molecule has 1 saturated heterocycles. The van der Waals surface area contributed by atoms with E-state index in [-0.39, 0.29) is 29.2 Å². The third kappa shape index (κ3) is 5.07. The number of benzene rings is 1. The van der Waals surface area contributed by atoms with Gasteiger partial charge in [-0.2, -0.15) is 4.31 Å². The predicted octanol–water partition coefficient (Wildman–Crippen LogP) is 3.52. The van der Waals surface area contributed by atoms with Crippen molar-refractivity contribution in [3.8, 4) is 0 Å². The molecule has 2 heterocycles. The summed E-state index contributed by atoms with van der Waals surface area (Å²) in [5.41, 5.74) is 2.40. The molecular weight excluding hydrogens is 414 g/mol. The van der Waals surface area contributed by atoms with E-state index < -0.39 is 15.6 Å². The van der Waals surface area contributed by atoms with Crippen LogP contribution in [0.15, 0.2) is 46.2 Å². The van der Waals surface area contributed by atoms with Crippen LogP contribution in [0.25, 0.3) is 0 Å². The normalized spacial score (nSPS) is 15.0. The number of para-hydroxylation sites is 1. The number of sulfonamides is 1. The molecule has 168 valence electrons. The van der Waals surface area contributed by atoms with Gasteiger partial charge < -0.3 is 9.88 Å². The van der Waals surface area contributed by atoms with Crippen molar-refractivity contribution in [3.63, 3.8) is 0 Å². The number of nitrogens with one attached hydrogen (secondary N) is 1. The second-order valence-corrected chi connectivity index (χ2v) is 10.5. The van der Waals surface area contributed by atoms with E-state index in [9.17, 15) is 18.0 Å². The molecule has 3 rings (SSSR count). The second kappa shape index (κ2) is 9.36. The van der Waals surface area contributed by atoms with E-state index in [1.165, 1.54) is 22.6 Å². The number of amides is 1. The van der Waals surface area contributed by atoms with Gasteiger partial charge in [0.15, 0.2) is 0 Å². The van der Waals surface area contributed by atoms with Crippen molar-refractivity contribution in [2.75, 3.05) is 18.4 Å². The van der Waals surface area contributed by atoms with Gasteiger partial charge in [0.1, 0.15) is 6.54 Å². The van der Waals surface area contributed by atoms with Crippen LogP contribution in [-0.4, -0.2) is 36.3 Å². The maximum absolute atomic E-state index is 12.9. The monoisotopic (exact) mass is 445 g/mol. The Bertz CT molecular complexity index is 1090. The van der Waals surface area contributed by atoms with Gasteiger partial charge >= 0.3 is 0 Å². The number of hydrogen-bond acceptors (Lipinski definition) is 4. The van der Waals surface area contributed by atoms with Gasteiger partial charge in [0.25, 0.3) is 5.56 Å². The maximum atomic E-state index is 12.9. The van der Waals surface area contributed by atoms with Crippen molar-refractivity contribution in [1.29, 1.82) is 0 Å². The van der Waals surface area contributed by atoms with Gasteiger partial charge in [-0.25, -0.2) is 8.42 Å². The molecule has 1 aromatic carbocycles. The standard InChI is InChI=1S/C23H31N3O4S/c1-16(2)19-8-7-9-20(17(3)4)23(19)24-21(27)15-25-14-18(10-11-22(25)28)31(29,30)26-12-5-6-13-26/h7-11,14,16-17H,5-6,12-13,15H2,1-4H3,(H,24,27). The molecule has 0 radical (unpaired) electrons. The third-order valence-electron chi connectivity index (χ3n) is 5.61. The highest BCUT2D eigenvalue weighted by molar-refractivity contribution is 7.89. The van der Waals surface area contributed by atoms with E-state index in [0.29, 0.717) is 13.1 Å². The molecule has 1 aromatic heterocycles. The van der Waals surface area contributed by atoms with Crippen molar-refractivity contribution in [2.24, 2.45) is 0 Å². The molecule has 8 heteroatoms. The van der Waals surface area contributed by atoms with Gasteiger partial charge in [-0.1, -0.05) is 45.9 Å². The molecule has 0 unspecified atom stereocenters. The maximum Gasteiger partial charge on any atom is 0.251 e. The average molecular weight is 446 g/mol. The summed E-state index contributed by atoms with van der Waals surface area (Å²) in [4.78, 5) is 25.2. The lowest BCUT2D eigenvalue weighted by Gasteiger charge is -2.20. The van der Waals surface area contributed by atoms with E-state index in [0.717, 1.165) is 34.2 Å². The smallest absolute Gasteiger partial charge is 0.251 e. The number of carbonyl (C=O) groups is 1. The van der Waals surface area contributed by atoms with Gasteiger partial charge in [0.05, 0.1) is 4.90 Å². The molecule has 31 heavy (non-hydrogen) atoms. The Balaban J connectivity index is 1.88. The van der Waals surface area contributed by atoms with Crippen molar-refractivity contribution in [3.05, 3.63) is 58.0 Å². The fourth-order valence-corrected chi connectivity index (χ4v) is 5.43. The van der Waals surface area contributed by atoms with Crippen LogP contribution in [0.3, 0.4) is 0 Å². The number of hydrogen-bond donors (Lipinski definition) is 1. The number of aromatic nitrogens is 1. The molecule has 1 aliphatic rings. The largest absolute Gasteiger partial charge is 0.324 e. The van der Waals surface area contributed by atoms with E-state index in [1.807, 2.05) is 18.2 Å². The minimum atomic E-state index is -3.67. The summed E-state index contributed by atoms with van der Waals surface area (Å²) < 4.78 is 28.2. The van der Waals surface area contributed by atoms with Gasteiger partial charge in [-0.3, -0.25) is 9.59 Å². The zero-order chi connectivity index (χ0) is 22.8. The lowest BCUT2D eigenvalue weighted by Crippen LogP contribution is -2.31. The first kappa shape index (κ1) is 23.2. The Morgan fingerprint density at radius 1 is 1.00 bits per heavy atom. The number of pyridine rings is 1. The Kier molecular flexibility index (Phi) is 7.01. The minimum absolute atomic E-state index is 0.0345. The Labute approximate surface area is 184 Å². The van der Waals surface area contributed by atoms with Crippen molar-refractivity contribution >= 4 is 21.6 Å². The summed E-state index contributed by atoms with van der Waals surface area (Å²) in [6.07, 6.45) is 2.93. The molecule has 1 fully saturated rings. The first-order chi connectivity index (χ1) is 14.6. The molecule has 1 aliphatic heterocycles. The molecule has 0 spiro atoms. The number of carbonyl (C=O) groups excluding carboxylic acids is 1.